The van der Waals surface area contributed by atoms with Crippen LogP contribution in [0.3, 0.4) is 0 Å². The summed E-state index contributed by atoms with van der Waals surface area (Å²) >= 11 is 0. The summed E-state index contributed by atoms with van der Waals surface area (Å²) in [5.41, 5.74) is 8.20. The van der Waals surface area contributed by atoms with Crippen molar-refractivity contribution in [2.24, 2.45) is 0 Å². The first-order chi connectivity index (χ1) is 8.68. The van der Waals surface area contributed by atoms with Crippen LogP contribution in [0.5, 0.6) is 0 Å². The van der Waals surface area contributed by atoms with Crippen LogP contribution in [0.15, 0.2) is 18.2 Å². The third-order valence-electron chi connectivity index (χ3n) is 3.64. The van der Waals surface area contributed by atoms with Gasteiger partial charge in [-0.2, -0.15) is 0 Å². The van der Waals surface area contributed by atoms with E-state index in [-0.39, 0.29) is 5.78 Å². The number of nitrogens with two attached hydrogens (primary N) is 1. The minimum atomic E-state index is 0.0430. The van der Waals surface area contributed by atoms with Crippen LogP contribution in [0.25, 0.3) is 0 Å². The quantitative estimate of drug-likeness (QED) is 0.643. The Morgan fingerprint density at radius 3 is 2.33 bits per heavy atom. The summed E-state index contributed by atoms with van der Waals surface area (Å²) in [7, 11) is 0. The van der Waals surface area contributed by atoms with E-state index in [0.29, 0.717) is 11.3 Å². The van der Waals surface area contributed by atoms with Gasteiger partial charge in [-0.1, -0.05) is 19.3 Å². The zero-order valence-electron chi connectivity index (χ0n) is 11.1. The van der Waals surface area contributed by atoms with Gasteiger partial charge in [-0.15, -0.1) is 0 Å². The van der Waals surface area contributed by atoms with Crippen LogP contribution in [0.4, 0.5) is 11.4 Å². The van der Waals surface area contributed by atoms with Crippen LogP contribution in [0.1, 0.15) is 49.4 Å². The molecule has 0 bridgehead atoms. The first-order valence-corrected chi connectivity index (χ1v) is 6.84. The molecular weight excluding hydrogens is 224 g/mol. The summed E-state index contributed by atoms with van der Waals surface area (Å²) in [4.78, 5) is 13.9. The first-order valence-electron chi connectivity index (χ1n) is 6.84. The second kappa shape index (κ2) is 5.89. The van der Waals surface area contributed by atoms with Crippen LogP contribution in [-0.4, -0.2) is 18.9 Å². The van der Waals surface area contributed by atoms with E-state index in [1.807, 2.05) is 18.2 Å². The molecule has 1 aromatic rings. The van der Waals surface area contributed by atoms with Crippen molar-refractivity contribution in [1.29, 1.82) is 0 Å². The molecule has 1 aliphatic heterocycles. The third-order valence-corrected chi connectivity index (χ3v) is 3.64. The van der Waals surface area contributed by atoms with Gasteiger partial charge in [-0.25, -0.2) is 0 Å². The molecule has 2 N–H and O–H groups in total. The summed E-state index contributed by atoms with van der Waals surface area (Å²) in [6, 6.07) is 5.83. The predicted octanol–water partition coefficient (Wildman–Crippen LogP) is 3.24. The zero-order valence-corrected chi connectivity index (χ0v) is 11.1. The molecule has 0 radical (unpaired) electrons. The molecule has 18 heavy (non-hydrogen) atoms. The van der Waals surface area contributed by atoms with Gasteiger partial charge >= 0.3 is 0 Å². The number of rotatable bonds is 2. The lowest BCUT2D eigenvalue weighted by atomic mass is 10.1. The molecule has 2 rings (SSSR count). The number of ketones is 1. The van der Waals surface area contributed by atoms with Crippen molar-refractivity contribution in [1.82, 2.24) is 0 Å². The highest BCUT2D eigenvalue weighted by molar-refractivity contribution is 6.00. The van der Waals surface area contributed by atoms with Crippen LogP contribution in [0.2, 0.25) is 0 Å². The highest BCUT2D eigenvalue weighted by Gasteiger charge is 2.12. The number of nitrogens with zero attached hydrogens (tertiary/aromatic N) is 1. The van der Waals surface area contributed by atoms with Gasteiger partial charge in [0.1, 0.15) is 0 Å². The normalized spacial score (nSPS) is 17.1. The number of hydrogen-bond acceptors (Lipinski definition) is 3. The molecule has 3 nitrogen and oxygen atoms in total. The Kier molecular flexibility index (Phi) is 4.24. The third kappa shape index (κ3) is 3.03. The predicted molar refractivity (Wildman–Crippen MR) is 76.2 cm³/mol. The highest BCUT2D eigenvalue weighted by Crippen LogP contribution is 2.24. The van der Waals surface area contributed by atoms with E-state index in [9.17, 15) is 4.79 Å². The molecule has 0 spiro atoms. The number of hydrogen-bond donors (Lipinski definition) is 1. The lowest BCUT2D eigenvalue weighted by molar-refractivity contribution is 0.101. The molecule has 1 aromatic carbocycles. The van der Waals surface area contributed by atoms with E-state index in [0.717, 1.165) is 18.8 Å². The molecule has 98 valence electrons. The minimum Gasteiger partial charge on any atom is -0.398 e. The zero-order chi connectivity index (χ0) is 13.0. The molecular formula is C15H22N2O. The minimum absolute atomic E-state index is 0.0430. The summed E-state index contributed by atoms with van der Waals surface area (Å²) < 4.78 is 0. The molecule has 1 aliphatic rings. The lowest BCUT2D eigenvalue weighted by Gasteiger charge is -2.27. The Labute approximate surface area is 109 Å². The molecule has 1 heterocycles. The number of carbonyl (C=O) groups is 1. The largest absolute Gasteiger partial charge is 0.398 e. The van der Waals surface area contributed by atoms with E-state index >= 15 is 0 Å². The van der Waals surface area contributed by atoms with Gasteiger partial charge in [0.2, 0.25) is 0 Å². The van der Waals surface area contributed by atoms with Gasteiger partial charge in [0.25, 0.3) is 0 Å². The second-order valence-corrected chi connectivity index (χ2v) is 5.08. The van der Waals surface area contributed by atoms with Gasteiger partial charge in [0, 0.05) is 30.0 Å². The summed E-state index contributed by atoms with van der Waals surface area (Å²) in [6.07, 6.45) is 6.45. The van der Waals surface area contributed by atoms with Crippen LogP contribution >= 0.6 is 0 Å². The van der Waals surface area contributed by atoms with Crippen molar-refractivity contribution >= 4 is 17.2 Å². The Hall–Kier alpha value is -1.51. The maximum absolute atomic E-state index is 11.5. The van der Waals surface area contributed by atoms with Gasteiger partial charge in [-0.05, 0) is 38.0 Å². The summed E-state index contributed by atoms with van der Waals surface area (Å²) in [5, 5.41) is 0. The van der Waals surface area contributed by atoms with Gasteiger partial charge in [0.05, 0.1) is 0 Å². The fourth-order valence-corrected chi connectivity index (χ4v) is 2.55. The number of carbonyl (C=O) groups excluding carboxylic acids is 1. The summed E-state index contributed by atoms with van der Waals surface area (Å²) in [5.74, 6) is 0.0430. The van der Waals surface area contributed by atoms with Crippen LogP contribution in [0, 0.1) is 0 Å². The van der Waals surface area contributed by atoms with Crippen LogP contribution in [-0.2, 0) is 0 Å². The molecule has 0 saturated carbocycles. The number of Topliss-reactive ketones (excluding diaryl/α,β-unsaturated/α-hetero) is 1. The van der Waals surface area contributed by atoms with Gasteiger partial charge in [0.15, 0.2) is 5.78 Å². The van der Waals surface area contributed by atoms with E-state index < -0.39 is 0 Å². The first kappa shape index (κ1) is 12.9. The second-order valence-electron chi connectivity index (χ2n) is 5.08. The molecule has 3 heteroatoms. The fraction of sp³-hybridized carbons (Fsp3) is 0.533. The van der Waals surface area contributed by atoms with Crippen LogP contribution < -0.4 is 10.6 Å². The molecule has 0 atom stereocenters. The van der Waals surface area contributed by atoms with E-state index in [1.165, 1.54) is 32.1 Å². The van der Waals surface area contributed by atoms with Crippen molar-refractivity contribution in [3.63, 3.8) is 0 Å². The number of benzene rings is 1. The number of nitrogen functional groups attached to an aromatic ring is 1. The maximum Gasteiger partial charge on any atom is 0.161 e. The lowest BCUT2D eigenvalue weighted by Crippen LogP contribution is -2.27. The maximum atomic E-state index is 11.5. The Morgan fingerprint density at radius 1 is 1.11 bits per heavy atom. The van der Waals surface area contributed by atoms with Crippen molar-refractivity contribution in [2.75, 3.05) is 23.7 Å². The van der Waals surface area contributed by atoms with Crippen molar-refractivity contribution < 1.29 is 4.79 Å². The Balaban J connectivity index is 2.20. The Bertz CT molecular complexity index is 421. The molecule has 0 unspecified atom stereocenters. The van der Waals surface area contributed by atoms with Crippen molar-refractivity contribution in [3.05, 3.63) is 23.8 Å². The van der Waals surface area contributed by atoms with E-state index in [4.69, 9.17) is 5.73 Å². The Morgan fingerprint density at radius 2 is 1.72 bits per heavy atom. The average Bonchev–Trinajstić information content (AvgIpc) is 2.29. The van der Waals surface area contributed by atoms with E-state index in [2.05, 4.69) is 4.90 Å². The topological polar surface area (TPSA) is 46.3 Å². The van der Waals surface area contributed by atoms with E-state index in [1.54, 1.807) is 6.92 Å². The molecule has 0 amide bonds. The van der Waals surface area contributed by atoms with Gasteiger partial charge in [-0.3, -0.25) is 4.79 Å². The molecule has 0 aliphatic carbocycles. The van der Waals surface area contributed by atoms with Crippen molar-refractivity contribution in [2.45, 2.75) is 39.0 Å². The molecule has 0 aromatic heterocycles. The SMILES string of the molecule is CC(=O)c1cc(N2CCCCCCC2)ccc1N. The highest BCUT2D eigenvalue weighted by atomic mass is 16.1. The molecule has 1 fully saturated rings. The average molecular weight is 246 g/mol. The van der Waals surface area contributed by atoms with Crippen molar-refractivity contribution in [3.8, 4) is 0 Å². The summed E-state index contributed by atoms with van der Waals surface area (Å²) in [6.45, 7) is 3.74. The monoisotopic (exact) mass is 246 g/mol. The fourth-order valence-electron chi connectivity index (χ4n) is 2.55. The van der Waals surface area contributed by atoms with Gasteiger partial charge < -0.3 is 10.6 Å². The molecule has 1 saturated heterocycles. The number of anilines is 2. The standard InChI is InChI=1S/C15H22N2O/c1-12(18)14-11-13(7-8-15(14)16)17-9-5-3-2-4-6-10-17/h7-8,11H,2-6,9-10,16H2,1H3. The smallest absolute Gasteiger partial charge is 0.161 e.